The molecule has 0 heterocycles. The van der Waals surface area contributed by atoms with E-state index in [4.69, 9.17) is 0 Å². The minimum absolute atomic E-state index is 0.0562. The van der Waals surface area contributed by atoms with Crippen molar-refractivity contribution in [2.45, 2.75) is 11.4 Å². The molecule has 0 saturated heterocycles. The van der Waals surface area contributed by atoms with Crippen molar-refractivity contribution in [2.75, 3.05) is 14.1 Å². The molecule has 0 fully saturated rings. The van der Waals surface area contributed by atoms with Crippen LogP contribution in [0.1, 0.15) is 15.9 Å². The highest BCUT2D eigenvalue weighted by Crippen LogP contribution is 2.18. The Hall–Kier alpha value is -2.32. The Morgan fingerprint density at radius 2 is 1.67 bits per heavy atom. The van der Waals surface area contributed by atoms with Crippen LogP contribution in [0.15, 0.2) is 47.4 Å². The van der Waals surface area contributed by atoms with Gasteiger partial charge < -0.3 is 5.32 Å². The predicted octanol–water partition coefficient (Wildman–Crippen LogP) is 2.15. The first kappa shape index (κ1) is 18.0. The number of benzene rings is 2. The molecule has 0 unspecified atom stereocenters. The molecule has 0 spiro atoms. The average molecular weight is 354 g/mol. The summed E-state index contributed by atoms with van der Waals surface area (Å²) in [5.41, 5.74) is 0.192. The summed E-state index contributed by atoms with van der Waals surface area (Å²) in [6.45, 7) is -0.0970. The van der Waals surface area contributed by atoms with Crippen LogP contribution in [0.25, 0.3) is 0 Å². The zero-order valence-electron chi connectivity index (χ0n) is 13.1. The molecule has 2 rings (SSSR count). The van der Waals surface area contributed by atoms with Crippen molar-refractivity contribution in [3.63, 3.8) is 0 Å². The van der Waals surface area contributed by atoms with Crippen LogP contribution < -0.4 is 5.32 Å². The van der Waals surface area contributed by atoms with Crippen molar-refractivity contribution in [2.24, 2.45) is 0 Å². The summed E-state index contributed by atoms with van der Waals surface area (Å²) in [4.78, 5) is 12.1. The number of hydrogen-bond acceptors (Lipinski definition) is 3. The third kappa shape index (κ3) is 3.95. The summed E-state index contributed by atoms with van der Waals surface area (Å²) < 4.78 is 51.9. The van der Waals surface area contributed by atoms with Crippen LogP contribution in [0, 0.1) is 11.6 Å². The summed E-state index contributed by atoms with van der Waals surface area (Å²) in [5.74, 6) is -2.43. The van der Waals surface area contributed by atoms with Crippen molar-refractivity contribution >= 4 is 15.9 Å². The highest BCUT2D eigenvalue weighted by molar-refractivity contribution is 7.89. The van der Waals surface area contributed by atoms with Crippen LogP contribution in [0.3, 0.4) is 0 Å². The quantitative estimate of drug-likeness (QED) is 0.895. The number of halogens is 2. The van der Waals surface area contributed by atoms with Crippen LogP contribution in [0.5, 0.6) is 0 Å². The smallest absolute Gasteiger partial charge is 0.251 e. The molecule has 0 bridgehead atoms. The molecule has 2 aromatic rings. The normalized spacial score (nSPS) is 11.5. The fourth-order valence-electron chi connectivity index (χ4n) is 2.06. The molecule has 0 aliphatic heterocycles. The van der Waals surface area contributed by atoms with Crippen LogP contribution in [0.4, 0.5) is 8.78 Å². The summed E-state index contributed by atoms with van der Waals surface area (Å²) in [7, 11) is -0.865. The molecule has 0 aliphatic rings. The topological polar surface area (TPSA) is 66.5 Å². The van der Waals surface area contributed by atoms with Gasteiger partial charge in [0.25, 0.3) is 5.91 Å². The number of carbonyl (C=O) groups excluding carboxylic acids is 1. The van der Waals surface area contributed by atoms with E-state index in [2.05, 4.69) is 5.32 Å². The SMILES string of the molecule is CN(C)S(=O)(=O)c1ccccc1CNC(=O)c1cc(F)cc(F)c1. The molecule has 0 radical (unpaired) electrons. The molecule has 128 valence electrons. The van der Waals surface area contributed by atoms with Gasteiger partial charge in [-0.25, -0.2) is 21.5 Å². The summed E-state index contributed by atoms with van der Waals surface area (Å²) in [6, 6.07) is 8.67. The zero-order chi connectivity index (χ0) is 17.9. The molecule has 2 aromatic carbocycles. The lowest BCUT2D eigenvalue weighted by Crippen LogP contribution is -2.27. The summed E-state index contributed by atoms with van der Waals surface area (Å²) in [5, 5.41) is 2.47. The van der Waals surface area contributed by atoms with Gasteiger partial charge in [-0.15, -0.1) is 0 Å². The van der Waals surface area contributed by atoms with E-state index in [0.29, 0.717) is 11.6 Å². The van der Waals surface area contributed by atoms with Gasteiger partial charge in [0, 0.05) is 32.3 Å². The fraction of sp³-hybridized carbons (Fsp3) is 0.188. The van der Waals surface area contributed by atoms with Gasteiger partial charge in [0.05, 0.1) is 4.90 Å². The number of nitrogens with zero attached hydrogens (tertiary/aromatic N) is 1. The van der Waals surface area contributed by atoms with E-state index < -0.39 is 27.6 Å². The predicted molar refractivity (Wildman–Crippen MR) is 84.8 cm³/mol. The van der Waals surface area contributed by atoms with Gasteiger partial charge >= 0.3 is 0 Å². The molecule has 0 aliphatic carbocycles. The monoisotopic (exact) mass is 354 g/mol. The molecule has 8 heteroatoms. The van der Waals surface area contributed by atoms with E-state index in [1.165, 1.54) is 20.2 Å². The van der Waals surface area contributed by atoms with Crippen LogP contribution in [-0.2, 0) is 16.6 Å². The van der Waals surface area contributed by atoms with Crippen molar-refractivity contribution in [3.8, 4) is 0 Å². The van der Waals surface area contributed by atoms with Gasteiger partial charge in [0.15, 0.2) is 0 Å². The van der Waals surface area contributed by atoms with Gasteiger partial charge in [0.2, 0.25) is 10.0 Å². The minimum atomic E-state index is -3.67. The van der Waals surface area contributed by atoms with Gasteiger partial charge in [-0.1, -0.05) is 18.2 Å². The van der Waals surface area contributed by atoms with Gasteiger partial charge in [-0.3, -0.25) is 4.79 Å². The number of nitrogens with one attached hydrogen (secondary N) is 1. The second kappa shape index (κ2) is 7.06. The van der Waals surface area contributed by atoms with E-state index in [9.17, 15) is 22.0 Å². The lowest BCUT2D eigenvalue weighted by atomic mass is 10.2. The largest absolute Gasteiger partial charge is 0.348 e. The van der Waals surface area contributed by atoms with E-state index in [1.54, 1.807) is 18.2 Å². The lowest BCUT2D eigenvalue weighted by Gasteiger charge is -2.15. The first-order valence-electron chi connectivity index (χ1n) is 6.96. The number of carbonyl (C=O) groups is 1. The first-order chi connectivity index (χ1) is 11.2. The Morgan fingerprint density at radius 3 is 2.25 bits per heavy atom. The van der Waals surface area contributed by atoms with Crippen LogP contribution in [0.2, 0.25) is 0 Å². The van der Waals surface area contributed by atoms with Crippen LogP contribution >= 0.6 is 0 Å². The maximum absolute atomic E-state index is 13.2. The third-order valence-electron chi connectivity index (χ3n) is 3.30. The molecular formula is C16H16F2N2O3S. The van der Waals surface area contributed by atoms with E-state index in [1.807, 2.05) is 0 Å². The van der Waals surface area contributed by atoms with E-state index >= 15 is 0 Å². The second-order valence-corrected chi connectivity index (χ2v) is 7.36. The molecule has 0 saturated carbocycles. The number of sulfonamides is 1. The van der Waals surface area contributed by atoms with E-state index in [-0.39, 0.29) is 17.0 Å². The highest BCUT2D eigenvalue weighted by Gasteiger charge is 2.21. The average Bonchev–Trinajstić information content (AvgIpc) is 2.51. The van der Waals surface area contributed by atoms with Gasteiger partial charge in [-0.2, -0.15) is 0 Å². The van der Waals surface area contributed by atoms with Crippen molar-refractivity contribution < 1.29 is 22.0 Å². The molecular weight excluding hydrogens is 338 g/mol. The Bertz CT molecular complexity index is 847. The Morgan fingerprint density at radius 1 is 1.08 bits per heavy atom. The van der Waals surface area contributed by atoms with Gasteiger partial charge in [0.1, 0.15) is 11.6 Å². The van der Waals surface area contributed by atoms with Crippen molar-refractivity contribution in [3.05, 3.63) is 65.2 Å². The molecule has 1 N–H and O–H groups in total. The number of amides is 1. The van der Waals surface area contributed by atoms with Crippen LogP contribution in [-0.4, -0.2) is 32.7 Å². The standard InChI is InChI=1S/C16H16F2N2O3S/c1-20(2)24(22,23)15-6-4-3-5-11(15)10-19-16(21)12-7-13(17)9-14(18)8-12/h3-9H,10H2,1-2H3,(H,19,21). The fourth-order valence-corrected chi connectivity index (χ4v) is 3.18. The summed E-state index contributed by atoms with van der Waals surface area (Å²) >= 11 is 0. The van der Waals surface area contributed by atoms with Gasteiger partial charge in [-0.05, 0) is 23.8 Å². The Kier molecular flexibility index (Phi) is 5.30. The van der Waals surface area contributed by atoms with Crippen molar-refractivity contribution in [1.29, 1.82) is 0 Å². The first-order valence-corrected chi connectivity index (χ1v) is 8.40. The molecule has 24 heavy (non-hydrogen) atoms. The lowest BCUT2D eigenvalue weighted by molar-refractivity contribution is 0.0949. The number of hydrogen-bond donors (Lipinski definition) is 1. The molecule has 1 amide bonds. The minimum Gasteiger partial charge on any atom is -0.348 e. The van der Waals surface area contributed by atoms with Crippen molar-refractivity contribution in [1.82, 2.24) is 9.62 Å². The Balaban J connectivity index is 2.23. The number of rotatable bonds is 5. The Labute approximate surface area is 139 Å². The summed E-state index contributed by atoms with van der Waals surface area (Å²) in [6.07, 6.45) is 0. The molecule has 0 aromatic heterocycles. The zero-order valence-corrected chi connectivity index (χ0v) is 13.9. The molecule has 0 atom stereocenters. The van der Waals surface area contributed by atoms with E-state index in [0.717, 1.165) is 16.4 Å². The third-order valence-corrected chi connectivity index (χ3v) is 5.21. The maximum Gasteiger partial charge on any atom is 0.251 e. The maximum atomic E-state index is 13.2. The highest BCUT2D eigenvalue weighted by atomic mass is 32.2. The molecule has 5 nitrogen and oxygen atoms in total. The second-order valence-electron chi connectivity index (χ2n) is 5.24.